The van der Waals surface area contributed by atoms with Gasteiger partial charge in [0.25, 0.3) is 5.91 Å². The number of nitrogens with one attached hydrogen (secondary N) is 4. The third kappa shape index (κ3) is 6.23. The van der Waals surface area contributed by atoms with Crippen LogP contribution in [-0.4, -0.2) is 28.9 Å². The Labute approximate surface area is 208 Å². The number of hydrogen-bond donors (Lipinski definition) is 4. The minimum Gasteiger partial charge on any atom is -0.497 e. The summed E-state index contributed by atoms with van der Waals surface area (Å²) in [5, 5.41) is 11.8. The predicted molar refractivity (Wildman–Crippen MR) is 141 cm³/mol. The van der Waals surface area contributed by atoms with Crippen LogP contribution in [0.3, 0.4) is 0 Å². The Hall–Kier alpha value is -5.18. The zero-order valence-electron chi connectivity index (χ0n) is 19.5. The van der Waals surface area contributed by atoms with Gasteiger partial charge in [0.1, 0.15) is 17.1 Å². The van der Waals surface area contributed by atoms with Crippen LogP contribution in [0.15, 0.2) is 97.7 Å². The molecule has 0 saturated carbocycles. The van der Waals surface area contributed by atoms with Crippen LogP contribution < -0.4 is 26.0 Å². The third-order valence-corrected chi connectivity index (χ3v) is 4.97. The molecule has 4 rings (SSSR count). The number of carbonyl (C=O) groups is 2. The molecule has 180 valence electrons. The van der Waals surface area contributed by atoms with Gasteiger partial charge in [-0.1, -0.05) is 36.9 Å². The average Bonchev–Trinajstić information content (AvgIpc) is 2.89. The highest BCUT2D eigenvalue weighted by molar-refractivity contribution is 6.07. The number of aromatic nitrogens is 2. The first-order valence-electron chi connectivity index (χ1n) is 11.0. The molecule has 0 saturated heterocycles. The first-order valence-corrected chi connectivity index (χ1v) is 11.0. The first-order chi connectivity index (χ1) is 17.5. The minimum absolute atomic E-state index is 0.232. The van der Waals surface area contributed by atoms with Crippen LogP contribution in [0.1, 0.15) is 10.4 Å². The fourth-order valence-electron chi connectivity index (χ4n) is 3.26. The molecule has 0 bridgehead atoms. The molecule has 4 aromatic rings. The van der Waals surface area contributed by atoms with Gasteiger partial charge >= 0.3 is 0 Å². The molecular formula is C27H24N6O3. The van der Waals surface area contributed by atoms with E-state index in [1.807, 2.05) is 36.4 Å². The van der Waals surface area contributed by atoms with Crippen molar-refractivity contribution < 1.29 is 14.3 Å². The second-order valence-electron chi connectivity index (χ2n) is 7.53. The summed E-state index contributed by atoms with van der Waals surface area (Å²) in [5.74, 6) is 0.513. The van der Waals surface area contributed by atoms with Gasteiger partial charge in [0.05, 0.1) is 7.11 Å². The number of nitrogens with zero attached hydrogens (tertiary/aromatic N) is 2. The van der Waals surface area contributed by atoms with Gasteiger partial charge in [0, 0.05) is 35.0 Å². The Morgan fingerprint density at radius 3 is 2.28 bits per heavy atom. The van der Waals surface area contributed by atoms with E-state index in [1.54, 1.807) is 49.6 Å². The maximum Gasteiger partial charge on any atom is 0.261 e. The fourth-order valence-corrected chi connectivity index (χ4v) is 3.26. The summed E-state index contributed by atoms with van der Waals surface area (Å²) >= 11 is 0. The van der Waals surface area contributed by atoms with Crippen LogP contribution >= 0.6 is 0 Å². The van der Waals surface area contributed by atoms with Crippen LogP contribution in [-0.2, 0) is 4.79 Å². The highest BCUT2D eigenvalue weighted by atomic mass is 16.5. The Bertz CT molecular complexity index is 1390. The largest absolute Gasteiger partial charge is 0.497 e. The van der Waals surface area contributed by atoms with Gasteiger partial charge in [0.2, 0.25) is 11.9 Å². The van der Waals surface area contributed by atoms with E-state index in [1.165, 1.54) is 12.3 Å². The SMILES string of the molecule is C=CC(=O)Nc1cccc(Nc2nc(Nc3cccc(OC)c3)ncc2C(=O)Nc2ccccc2)c1. The Balaban J connectivity index is 1.65. The summed E-state index contributed by atoms with van der Waals surface area (Å²) in [4.78, 5) is 33.7. The van der Waals surface area contributed by atoms with Gasteiger partial charge < -0.3 is 26.0 Å². The van der Waals surface area contributed by atoms with Crippen LogP contribution in [0, 0.1) is 0 Å². The number of anilines is 6. The van der Waals surface area contributed by atoms with Crippen molar-refractivity contribution in [1.29, 1.82) is 0 Å². The molecule has 9 nitrogen and oxygen atoms in total. The van der Waals surface area contributed by atoms with Crippen molar-refractivity contribution in [3.05, 3.63) is 103 Å². The van der Waals surface area contributed by atoms with Crippen molar-refractivity contribution >= 4 is 46.3 Å². The predicted octanol–water partition coefficient (Wildman–Crippen LogP) is 5.35. The Morgan fingerprint density at radius 2 is 1.53 bits per heavy atom. The van der Waals surface area contributed by atoms with Gasteiger partial charge in [-0.3, -0.25) is 9.59 Å². The molecule has 9 heteroatoms. The van der Waals surface area contributed by atoms with E-state index in [2.05, 4.69) is 37.8 Å². The third-order valence-electron chi connectivity index (χ3n) is 4.97. The molecular weight excluding hydrogens is 456 g/mol. The number of para-hydroxylation sites is 1. The van der Waals surface area contributed by atoms with Crippen LogP contribution in [0.25, 0.3) is 0 Å². The molecule has 1 heterocycles. The second-order valence-corrected chi connectivity index (χ2v) is 7.53. The molecule has 0 fully saturated rings. The topological polar surface area (TPSA) is 117 Å². The number of ether oxygens (including phenoxy) is 1. The summed E-state index contributed by atoms with van der Waals surface area (Å²) in [7, 11) is 1.59. The number of rotatable bonds is 9. The Kier molecular flexibility index (Phi) is 7.52. The molecule has 0 atom stereocenters. The van der Waals surface area contributed by atoms with Crippen molar-refractivity contribution in [3.63, 3.8) is 0 Å². The second kappa shape index (κ2) is 11.3. The number of carbonyl (C=O) groups excluding carboxylic acids is 2. The lowest BCUT2D eigenvalue weighted by Gasteiger charge is -2.14. The van der Waals surface area contributed by atoms with E-state index in [0.29, 0.717) is 22.8 Å². The molecule has 3 aromatic carbocycles. The molecule has 1 aromatic heterocycles. The standard InChI is InChI=1S/C27H24N6O3/c1-3-24(34)29-19-11-7-12-20(15-19)30-25-23(26(35)31-18-9-5-4-6-10-18)17-28-27(33-25)32-21-13-8-14-22(16-21)36-2/h3-17H,1H2,2H3,(H,29,34)(H,31,35)(H2,28,30,32,33). The zero-order valence-corrected chi connectivity index (χ0v) is 19.5. The van der Waals surface area contributed by atoms with Crippen LogP contribution in [0.2, 0.25) is 0 Å². The maximum atomic E-state index is 13.1. The summed E-state index contributed by atoms with van der Waals surface area (Å²) in [6, 6.07) is 23.4. The van der Waals surface area contributed by atoms with Gasteiger partial charge in [0.15, 0.2) is 0 Å². The van der Waals surface area contributed by atoms with Gasteiger partial charge in [-0.15, -0.1) is 0 Å². The van der Waals surface area contributed by atoms with E-state index >= 15 is 0 Å². The van der Waals surface area contributed by atoms with E-state index in [0.717, 1.165) is 5.69 Å². The molecule has 4 N–H and O–H groups in total. The van der Waals surface area contributed by atoms with Gasteiger partial charge in [-0.2, -0.15) is 4.98 Å². The summed E-state index contributed by atoms with van der Waals surface area (Å²) in [6.07, 6.45) is 2.63. The lowest BCUT2D eigenvalue weighted by molar-refractivity contribution is -0.111. The average molecular weight is 481 g/mol. The molecule has 2 amide bonds. The molecule has 0 aliphatic rings. The monoisotopic (exact) mass is 480 g/mol. The highest BCUT2D eigenvalue weighted by Crippen LogP contribution is 2.25. The lowest BCUT2D eigenvalue weighted by Crippen LogP contribution is -2.16. The van der Waals surface area contributed by atoms with Crippen molar-refractivity contribution in [2.75, 3.05) is 28.4 Å². The van der Waals surface area contributed by atoms with Gasteiger partial charge in [-0.25, -0.2) is 4.98 Å². The summed E-state index contributed by atoms with van der Waals surface area (Å²) in [6.45, 7) is 3.46. The highest BCUT2D eigenvalue weighted by Gasteiger charge is 2.16. The number of hydrogen-bond acceptors (Lipinski definition) is 7. The van der Waals surface area contributed by atoms with Crippen molar-refractivity contribution in [1.82, 2.24) is 9.97 Å². The zero-order chi connectivity index (χ0) is 25.3. The normalized spacial score (nSPS) is 10.1. The molecule has 0 spiro atoms. The smallest absolute Gasteiger partial charge is 0.261 e. The quantitative estimate of drug-likeness (QED) is 0.239. The maximum absolute atomic E-state index is 13.1. The molecule has 0 aliphatic heterocycles. The molecule has 36 heavy (non-hydrogen) atoms. The van der Waals surface area contributed by atoms with E-state index in [9.17, 15) is 9.59 Å². The lowest BCUT2D eigenvalue weighted by atomic mass is 10.2. The number of amides is 2. The first kappa shape index (κ1) is 24.0. The summed E-state index contributed by atoms with van der Waals surface area (Å²) in [5.41, 5.74) is 2.76. The number of methoxy groups -OCH3 is 1. The number of benzene rings is 3. The fraction of sp³-hybridized carbons (Fsp3) is 0.0370. The van der Waals surface area contributed by atoms with E-state index < -0.39 is 0 Å². The van der Waals surface area contributed by atoms with Crippen molar-refractivity contribution in [2.45, 2.75) is 0 Å². The Morgan fingerprint density at radius 1 is 0.833 bits per heavy atom. The molecule has 0 radical (unpaired) electrons. The minimum atomic E-state index is -0.382. The van der Waals surface area contributed by atoms with Crippen molar-refractivity contribution in [2.24, 2.45) is 0 Å². The van der Waals surface area contributed by atoms with E-state index in [-0.39, 0.29) is 29.1 Å². The van der Waals surface area contributed by atoms with Gasteiger partial charge in [-0.05, 0) is 48.5 Å². The van der Waals surface area contributed by atoms with E-state index in [4.69, 9.17) is 4.74 Å². The van der Waals surface area contributed by atoms with Crippen LogP contribution in [0.4, 0.5) is 34.5 Å². The van der Waals surface area contributed by atoms with Crippen molar-refractivity contribution in [3.8, 4) is 5.75 Å². The molecule has 0 aliphatic carbocycles. The summed E-state index contributed by atoms with van der Waals surface area (Å²) < 4.78 is 5.27. The molecule has 0 unspecified atom stereocenters. The van der Waals surface area contributed by atoms with Crippen LogP contribution in [0.5, 0.6) is 5.75 Å².